The third kappa shape index (κ3) is 3.51. The first-order chi connectivity index (χ1) is 12.4. The molecule has 26 heavy (non-hydrogen) atoms. The molecule has 7 heteroatoms. The van der Waals surface area contributed by atoms with Crippen LogP contribution in [0.4, 0.5) is 5.69 Å². The van der Waals surface area contributed by atoms with E-state index in [1.165, 1.54) is 4.90 Å². The van der Waals surface area contributed by atoms with Crippen LogP contribution < -0.4 is 4.90 Å². The third-order valence-corrected chi connectivity index (χ3v) is 5.32. The number of alkyl halides is 1. The summed E-state index contributed by atoms with van der Waals surface area (Å²) in [5.74, 6) is -1.04. The minimum Gasteiger partial charge on any atom is -0.465 e. The first kappa shape index (κ1) is 18.9. The van der Waals surface area contributed by atoms with E-state index in [4.69, 9.17) is 27.9 Å². The van der Waals surface area contributed by atoms with Gasteiger partial charge in [-0.1, -0.05) is 11.6 Å². The van der Waals surface area contributed by atoms with E-state index in [1.807, 2.05) is 0 Å². The van der Waals surface area contributed by atoms with Gasteiger partial charge in [-0.25, -0.2) is 4.90 Å². The topological polar surface area (TPSA) is 63.7 Å². The van der Waals surface area contributed by atoms with Crippen molar-refractivity contribution < 1.29 is 19.1 Å². The number of hydrogen-bond acceptors (Lipinski definition) is 4. The summed E-state index contributed by atoms with van der Waals surface area (Å²) in [5.41, 5.74) is 2.28. The summed E-state index contributed by atoms with van der Waals surface area (Å²) < 4.78 is 4.90. The monoisotopic (exact) mass is 395 g/mol. The lowest BCUT2D eigenvalue weighted by Crippen LogP contribution is -2.31. The standard InChI is InChI=1S/C19H19Cl2NO4/c1-2-26-19(25)16(21)10-11-9-12(7-8-15(11)20)22-17(23)13-5-3-4-6-14(13)18(22)24/h7-9,16H,2-6,10H2,1H3. The lowest BCUT2D eigenvalue weighted by molar-refractivity contribution is -0.142. The summed E-state index contributed by atoms with van der Waals surface area (Å²) in [6.45, 7) is 1.94. The molecule has 0 saturated heterocycles. The minimum atomic E-state index is -0.890. The molecule has 2 aliphatic rings. The van der Waals surface area contributed by atoms with Gasteiger partial charge in [0.15, 0.2) is 0 Å². The van der Waals surface area contributed by atoms with Crippen molar-refractivity contribution in [2.75, 3.05) is 11.5 Å². The summed E-state index contributed by atoms with van der Waals surface area (Å²) >= 11 is 12.3. The second-order valence-electron chi connectivity index (χ2n) is 6.31. The number of carbonyl (C=O) groups is 3. The molecule has 1 atom stereocenters. The Morgan fingerprint density at radius 1 is 1.19 bits per heavy atom. The van der Waals surface area contributed by atoms with Crippen LogP contribution in [0, 0.1) is 0 Å². The van der Waals surface area contributed by atoms with E-state index in [2.05, 4.69) is 0 Å². The summed E-state index contributed by atoms with van der Waals surface area (Å²) in [6.07, 6.45) is 3.28. The molecule has 0 fully saturated rings. The number of benzene rings is 1. The van der Waals surface area contributed by atoms with Crippen LogP contribution in [0.1, 0.15) is 38.2 Å². The number of ether oxygens (including phenoxy) is 1. The molecule has 0 spiro atoms. The van der Waals surface area contributed by atoms with Gasteiger partial charge in [-0.05, 0) is 56.4 Å². The number of esters is 1. The number of imide groups is 1. The number of carbonyl (C=O) groups excluding carboxylic acids is 3. The molecule has 0 aromatic heterocycles. The lowest BCUT2D eigenvalue weighted by Gasteiger charge is -2.17. The van der Waals surface area contributed by atoms with E-state index >= 15 is 0 Å². The maximum Gasteiger partial charge on any atom is 0.324 e. The van der Waals surface area contributed by atoms with Crippen LogP contribution in [0.15, 0.2) is 29.3 Å². The van der Waals surface area contributed by atoms with Gasteiger partial charge in [-0.15, -0.1) is 11.6 Å². The molecule has 0 saturated carbocycles. The number of nitrogens with zero attached hydrogens (tertiary/aromatic N) is 1. The molecule has 5 nitrogen and oxygen atoms in total. The summed E-state index contributed by atoms with van der Waals surface area (Å²) in [4.78, 5) is 38.3. The first-order valence-electron chi connectivity index (χ1n) is 8.64. The zero-order valence-corrected chi connectivity index (χ0v) is 15.9. The Balaban J connectivity index is 1.85. The highest BCUT2D eigenvalue weighted by molar-refractivity contribution is 6.34. The maximum absolute atomic E-state index is 12.7. The summed E-state index contributed by atoms with van der Waals surface area (Å²) in [5, 5.41) is -0.473. The van der Waals surface area contributed by atoms with Crippen LogP contribution in [-0.2, 0) is 25.5 Å². The Morgan fingerprint density at radius 2 is 1.81 bits per heavy atom. The highest BCUT2D eigenvalue weighted by atomic mass is 35.5. The number of hydrogen-bond donors (Lipinski definition) is 0. The minimum absolute atomic E-state index is 0.149. The SMILES string of the molecule is CCOC(=O)C(Cl)Cc1cc(N2C(=O)C3=C(CCCC3)C2=O)ccc1Cl. The van der Waals surface area contributed by atoms with E-state index in [0.29, 0.717) is 40.3 Å². The van der Waals surface area contributed by atoms with E-state index < -0.39 is 11.3 Å². The number of anilines is 1. The lowest BCUT2D eigenvalue weighted by atomic mass is 9.93. The largest absolute Gasteiger partial charge is 0.465 e. The Labute approximate surface area is 161 Å². The second-order valence-corrected chi connectivity index (χ2v) is 7.24. The average molecular weight is 396 g/mol. The van der Waals surface area contributed by atoms with Crippen LogP contribution in [0.5, 0.6) is 0 Å². The summed E-state index contributed by atoms with van der Waals surface area (Å²) in [7, 11) is 0. The summed E-state index contributed by atoms with van der Waals surface area (Å²) in [6, 6.07) is 4.89. The van der Waals surface area contributed by atoms with Crippen molar-refractivity contribution in [1.82, 2.24) is 0 Å². The number of halogens is 2. The Kier molecular flexibility index (Phi) is 5.68. The van der Waals surface area contributed by atoms with Gasteiger partial charge in [-0.3, -0.25) is 14.4 Å². The van der Waals surface area contributed by atoms with E-state index in [1.54, 1.807) is 25.1 Å². The van der Waals surface area contributed by atoms with E-state index in [9.17, 15) is 14.4 Å². The van der Waals surface area contributed by atoms with Crippen LogP contribution in [-0.4, -0.2) is 29.8 Å². The predicted molar refractivity (Wildman–Crippen MR) is 99.4 cm³/mol. The zero-order valence-electron chi connectivity index (χ0n) is 14.4. The fourth-order valence-electron chi connectivity index (χ4n) is 3.34. The fraction of sp³-hybridized carbons (Fsp3) is 0.421. The molecule has 0 N–H and O–H groups in total. The fourth-order valence-corrected chi connectivity index (χ4v) is 3.76. The molecule has 0 radical (unpaired) electrons. The molecule has 1 aliphatic heterocycles. The van der Waals surface area contributed by atoms with Gasteiger partial charge >= 0.3 is 5.97 Å². The highest BCUT2D eigenvalue weighted by Gasteiger charge is 2.39. The third-order valence-electron chi connectivity index (χ3n) is 4.62. The van der Waals surface area contributed by atoms with Crippen molar-refractivity contribution in [2.45, 2.75) is 44.4 Å². The molecular formula is C19H19Cl2NO4. The molecular weight excluding hydrogens is 377 g/mol. The van der Waals surface area contributed by atoms with Crippen molar-refractivity contribution in [3.8, 4) is 0 Å². The molecule has 1 aromatic carbocycles. The van der Waals surface area contributed by atoms with Gasteiger partial charge in [0.05, 0.1) is 12.3 Å². The molecule has 1 heterocycles. The zero-order chi connectivity index (χ0) is 18.8. The van der Waals surface area contributed by atoms with Gasteiger partial charge in [0, 0.05) is 22.6 Å². The Hall–Kier alpha value is -1.85. The van der Waals surface area contributed by atoms with E-state index in [0.717, 1.165) is 12.8 Å². The highest BCUT2D eigenvalue weighted by Crippen LogP contribution is 2.36. The number of rotatable bonds is 5. The van der Waals surface area contributed by atoms with Crippen LogP contribution in [0.3, 0.4) is 0 Å². The Morgan fingerprint density at radius 3 is 2.38 bits per heavy atom. The second kappa shape index (κ2) is 7.80. The van der Waals surface area contributed by atoms with Crippen LogP contribution in [0.2, 0.25) is 5.02 Å². The predicted octanol–water partition coefficient (Wildman–Crippen LogP) is 3.80. The van der Waals surface area contributed by atoms with Crippen LogP contribution >= 0.6 is 23.2 Å². The molecule has 1 aliphatic carbocycles. The van der Waals surface area contributed by atoms with Crippen molar-refractivity contribution in [3.63, 3.8) is 0 Å². The quantitative estimate of drug-likeness (QED) is 0.432. The van der Waals surface area contributed by atoms with Gasteiger partial charge in [0.2, 0.25) is 0 Å². The van der Waals surface area contributed by atoms with Gasteiger partial charge in [0.25, 0.3) is 11.8 Å². The van der Waals surface area contributed by atoms with Crippen molar-refractivity contribution in [2.24, 2.45) is 0 Å². The molecule has 3 rings (SSSR count). The van der Waals surface area contributed by atoms with Gasteiger partial charge in [0.1, 0.15) is 5.38 Å². The van der Waals surface area contributed by atoms with Crippen LogP contribution in [0.25, 0.3) is 0 Å². The van der Waals surface area contributed by atoms with Crippen molar-refractivity contribution in [3.05, 3.63) is 39.9 Å². The first-order valence-corrected chi connectivity index (χ1v) is 9.45. The van der Waals surface area contributed by atoms with Crippen molar-refractivity contribution in [1.29, 1.82) is 0 Å². The van der Waals surface area contributed by atoms with E-state index in [-0.39, 0.29) is 24.8 Å². The van der Waals surface area contributed by atoms with Gasteiger partial charge < -0.3 is 4.74 Å². The molecule has 0 bridgehead atoms. The maximum atomic E-state index is 12.7. The Bertz CT molecular complexity index is 775. The van der Waals surface area contributed by atoms with Gasteiger partial charge in [-0.2, -0.15) is 0 Å². The molecule has 1 unspecified atom stereocenters. The normalized spacial score (nSPS) is 18.2. The van der Waals surface area contributed by atoms with Crippen molar-refractivity contribution >= 4 is 46.7 Å². The molecule has 2 amide bonds. The molecule has 138 valence electrons. The number of amides is 2. The smallest absolute Gasteiger partial charge is 0.324 e. The average Bonchev–Trinajstić information content (AvgIpc) is 2.88. The molecule has 1 aromatic rings.